The maximum absolute atomic E-state index is 13.2. The van der Waals surface area contributed by atoms with Crippen molar-refractivity contribution in [2.75, 3.05) is 33.3 Å². The van der Waals surface area contributed by atoms with Gasteiger partial charge in [0.05, 0.1) is 24.6 Å². The van der Waals surface area contributed by atoms with Gasteiger partial charge in [0.2, 0.25) is 0 Å². The number of rotatable bonds is 5. The Kier molecular flexibility index (Phi) is 6.09. The number of carbonyl (C=O) groups excluding carboxylic acids is 1. The van der Waals surface area contributed by atoms with E-state index in [1.807, 2.05) is 41.3 Å². The maximum Gasteiger partial charge on any atom is 0.257 e. The number of H-pyrrole nitrogens is 1. The van der Waals surface area contributed by atoms with E-state index < -0.39 is 0 Å². The normalized spacial score (nSPS) is 15.1. The molecular weight excluding hydrogens is 383 g/mol. The Morgan fingerprint density at radius 1 is 1.07 bits per heavy atom. The Bertz CT molecular complexity index is 985. The van der Waals surface area contributed by atoms with Crippen LogP contribution in [0.5, 0.6) is 5.75 Å². The Labute approximate surface area is 175 Å². The molecule has 0 radical (unpaired) electrons. The smallest absolute Gasteiger partial charge is 0.257 e. The molecule has 3 aromatic rings. The van der Waals surface area contributed by atoms with Crippen LogP contribution in [0.4, 0.5) is 4.39 Å². The molecule has 0 atom stereocenters. The molecule has 1 aromatic heterocycles. The zero-order chi connectivity index (χ0) is 20.9. The first-order valence-corrected chi connectivity index (χ1v) is 10.1. The lowest BCUT2D eigenvalue weighted by Crippen LogP contribution is -2.35. The van der Waals surface area contributed by atoms with Crippen molar-refractivity contribution < 1.29 is 13.9 Å². The van der Waals surface area contributed by atoms with Gasteiger partial charge in [-0.25, -0.2) is 4.39 Å². The van der Waals surface area contributed by atoms with Gasteiger partial charge in [0.25, 0.3) is 5.91 Å². The van der Waals surface area contributed by atoms with Crippen LogP contribution in [-0.2, 0) is 6.54 Å². The van der Waals surface area contributed by atoms with E-state index in [4.69, 9.17) is 4.74 Å². The Hall–Kier alpha value is -3.19. The minimum absolute atomic E-state index is 0.0156. The molecule has 0 saturated carbocycles. The summed E-state index contributed by atoms with van der Waals surface area (Å²) in [6.07, 6.45) is 2.49. The van der Waals surface area contributed by atoms with Crippen LogP contribution in [-0.4, -0.2) is 59.2 Å². The first kappa shape index (κ1) is 20.1. The van der Waals surface area contributed by atoms with Crippen LogP contribution in [0, 0.1) is 5.82 Å². The molecule has 4 rings (SSSR count). The summed E-state index contributed by atoms with van der Waals surface area (Å²) in [4.78, 5) is 17.4. The van der Waals surface area contributed by atoms with Gasteiger partial charge in [-0.1, -0.05) is 12.1 Å². The number of benzene rings is 2. The van der Waals surface area contributed by atoms with Crippen molar-refractivity contribution in [3.63, 3.8) is 0 Å². The molecule has 0 bridgehead atoms. The SMILES string of the molecule is COc1ccc(-c2[nH]ncc2C(=O)N2CCCN(Cc3ccc(F)cc3)CC2)cc1. The summed E-state index contributed by atoms with van der Waals surface area (Å²) in [6.45, 7) is 3.78. The fourth-order valence-electron chi connectivity index (χ4n) is 3.78. The topological polar surface area (TPSA) is 61.5 Å². The van der Waals surface area contributed by atoms with E-state index >= 15 is 0 Å². The van der Waals surface area contributed by atoms with E-state index in [9.17, 15) is 9.18 Å². The molecule has 7 heteroatoms. The molecule has 6 nitrogen and oxygen atoms in total. The number of halogens is 1. The van der Waals surface area contributed by atoms with Gasteiger partial charge in [-0.3, -0.25) is 14.8 Å². The quantitative estimate of drug-likeness (QED) is 0.701. The van der Waals surface area contributed by atoms with Gasteiger partial charge in [0.15, 0.2) is 0 Å². The predicted molar refractivity (Wildman–Crippen MR) is 113 cm³/mol. The fourth-order valence-corrected chi connectivity index (χ4v) is 3.78. The minimum Gasteiger partial charge on any atom is -0.497 e. The van der Waals surface area contributed by atoms with Gasteiger partial charge >= 0.3 is 0 Å². The number of nitrogens with one attached hydrogen (secondary N) is 1. The van der Waals surface area contributed by atoms with Crippen molar-refractivity contribution in [2.45, 2.75) is 13.0 Å². The largest absolute Gasteiger partial charge is 0.497 e. The number of hydrogen-bond donors (Lipinski definition) is 1. The van der Waals surface area contributed by atoms with E-state index in [2.05, 4.69) is 15.1 Å². The van der Waals surface area contributed by atoms with Crippen molar-refractivity contribution in [1.29, 1.82) is 0 Å². The van der Waals surface area contributed by atoms with Gasteiger partial charge in [0, 0.05) is 38.3 Å². The highest BCUT2D eigenvalue weighted by molar-refractivity contribution is 5.99. The van der Waals surface area contributed by atoms with Crippen molar-refractivity contribution in [3.05, 3.63) is 71.7 Å². The van der Waals surface area contributed by atoms with Crippen LogP contribution in [0.1, 0.15) is 22.3 Å². The lowest BCUT2D eigenvalue weighted by atomic mass is 10.1. The van der Waals surface area contributed by atoms with Crippen molar-refractivity contribution >= 4 is 5.91 Å². The first-order valence-electron chi connectivity index (χ1n) is 10.1. The van der Waals surface area contributed by atoms with E-state index in [1.54, 1.807) is 13.3 Å². The van der Waals surface area contributed by atoms with Crippen molar-refractivity contribution in [1.82, 2.24) is 20.0 Å². The Morgan fingerprint density at radius 2 is 1.83 bits per heavy atom. The van der Waals surface area contributed by atoms with Gasteiger partial charge in [-0.15, -0.1) is 0 Å². The van der Waals surface area contributed by atoms with E-state index in [1.165, 1.54) is 12.1 Å². The molecule has 0 spiro atoms. The van der Waals surface area contributed by atoms with Crippen LogP contribution in [0.15, 0.2) is 54.7 Å². The van der Waals surface area contributed by atoms with Crippen LogP contribution in [0.2, 0.25) is 0 Å². The predicted octanol–water partition coefficient (Wildman–Crippen LogP) is 3.57. The second-order valence-electron chi connectivity index (χ2n) is 7.44. The minimum atomic E-state index is -0.223. The van der Waals surface area contributed by atoms with Crippen LogP contribution >= 0.6 is 0 Å². The molecule has 1 N–H and O–H groups in total. The van der Waals surface area contributed by atoms with Crippen LogP contribution < -0.4 is 4.74 Å². The summed E-state index contributed by atoms with van der Waals surface area (Å²) in [5, 5.41) is 7.08. The summed E-state index contributed by atoms with van der Waals surface area (Å²) in [5.41, 5.74) is 3.26. The number of aromatic nitrogens is 2. The van der Waals surface area contributed by atoms with Crippen molar-refractivity contribution in [2.24, 2.45) is 0 Å². The third-order valence-corrected chi connectivity index (χ3v) is 5.44. The highest BCUT2D eigenvalue weighted by Gasteiger charge is 2.24. The maximum atomic E-state index is 13.2. The third kappa shape index (κ3) is 4.52. The number of methoxy groups -OCH3 is 1. The summed E-state index contributed by atoms with van der Waals surface area (Å²) >= 11 is 0. The molecule has 2 aromatic carbocycles. The summed E-state index contributed by atoms with van der Waals surface area (Å²) in [7, 11) is 1.62. The Balaban J connectivity index is 1.43. The molecule has 156 valence electrons. The van der Waals surface area contributed by atoms with Gasteiger partial charge < -0.3 is 9.64 Å². The second kappa shape index (κ2) is 9.09. The zero-order valence-electron chi connectivity index (χ0n) is 17.0. The molecule has 0 unspecified atom stereocenters. The monoisotopic (exact) mass is 408 g/mol. The zero-order valence-corrected chi connectivity index (χ0v) is 17.0. The Morgan fingerprint density at radius 3 is 2.57 bits per heavy atom. The van der Waals surface area contributed by atoms with E-state index in [0.717, 1.165) is 48.6 Å². The number of nitrogens with zero attached hydrogens (tertiary/aromatic N) is 3. The van der Waals surface area contributed by atoms with Crippen LogP contribution in [0.3, 0.4) is 0 Å². The first-order chi connectivity index (χ1) is 14.6. The van der Waals surface area contributed by atoms with Crippen molar-refractivity contribution in [3.8, 4) is 17.0 Å². The lowest BCUT2D eigenvalue weighted by Gasteiger charge is -2.22. The lowest BCUT2D eigenvalue weighted by molar-refractivity contribution is 0.0762. The van der Waals surface area contributed by atoms with Gasteiger partial charge in [0.1, 0.15) is 11.6 Å². The third-order valence-electron chi connectivity index (χ3n) is 5.44. The molecule has 0 aliphatic carbocycles. The number of ether oxygens (including phenoxy) is 1. The van der Waals surface area contributed by atoms with Gasteiger partial charge in [-0.05, 0) is 48.4 Å². The number of carbonyl (C=O) groups is 1. The molecule has 1 saturated heterocycles. The summed E-state index contributed by atoms with van der Waals surface area (Å²) in [6, 6.07) is 14.2. The van der Waals surface area contributed by atoms with Crippen LogP contribution in [0.25, 0.3) is 11.3 Å². The average molecular weight is 408 g/mol. The average Bonchev–Trinajstić information content (AvgIpc) is 3.15. The molecule has 1 amide bonds. The second-order valence-corrected chi connectivity index (χ2v) is 7.44. The molecular formula is C23H25FN4O2. The number of amides is 1. The van der Waals surface area contributed by atoms with Gasteiger partial charge in [-0.2, -0.15) is 5.10 Å². The molecule has 30 heavy (non-hydrogen) atoms. The fraction of sp³-hybridized carbons (Fsp3) is 0.304. The summed E-state index contributed by atoms with van der Waals surface area (Å²) < 4.78 is 18.3. The molecule has 1 fully saturated rings. The number of aromatic amines is 1. The highest BCUT2D eigenvalue weighted by atomic mass is 19.1. The highest BCUT2D eigenvalue weighted by Crippen LogP contribution is 2.25. The molecule has 1 aliphatic heterocycles. The number of hydrogen-bond acceptors (Lipinski definition) is 4. The van der Waals surface area contributed by atoms with E-state index in [0.29, 0.717) is 18.7 Å². The molecule has 2 heterocycles. The standard InChI is InChI=1S/C23H25FN4O2/c1-30-20-9-5-18(6-10-20)22-21(15-25-26-22)23(29)28-12-2-11-27(13-14-28)16-17-3-7-19(24)8-4-17/h3-10,15H,2,11-14,16H2,1H3,(H,25,26). The molecule has 1 aliphatic rings. The summed E-state index contributed by atoms with van der Waals surface area (Å²) in [5.74, 6) is 0.525. The van der Waals surface area contributed by atoms with E-state index in [-0.39, 0.29) is 11.7 Å².